The number of hydrogen-bond acceptors (Lipinski definition) is 7. The molecule has 0 spiro atoms. The summed E-state index contributed by atoms with van der Waals surface area (Å²) in [6, 6.07) is 0. The van der Waals surface area contributed by atoms with Crippen molar-refractivity contribution in [2.75, 3.05) is 19.0 Å². The molecule has 1 saturated heterocycles. The second kappa shape index (κ2) is 5.95. The molecule has 0 aliphatic carbocycles. The lowest BCUT2D eigenvalue weighted by Gasteiger charge is -2.25. The second-order valence-electron chi connectivity index (χ2n) is 4.26. The van der Waals surface area contributed by atoms with Crippen LogP contribution in [-0.4, -0.2) is 55.1 Å². The molecule has 8 nitrogen and oxygen atoms in total. The van der Waals surface area contributed by atoms with E-state index in [-0.39, 0.29) is 5.95 Å². The zero-order valence-corrected chi connectivity index (χ0v) is 11.4. The summed E-state index contributed by atoms with van der Waals surface area (Å²) >= 11 is 6.21. The van der Waals surface area contributed by atoms with Crippen LogP contribution in [0.4, 0.5) is 10.3 Å². The van der Waals surface area contributed by atoms with Gasteiger partial charge in [-0.3, -0.25) is 4.57 Å². The van der Waals surface area contributed by atoms with Crippen molar-refractivity contribution in [1.29, 1.82) is 0 Å². The molecule has 0 bridgehead atoms. The standard InChI is InChI=1S/C11H12ClFN4O4/c12-11(2-1-3-13)7(19)6(4-18)21-8(11)17-5-15-9(14)16-10(17)20/h5-8,18-19H,3-4H2,(H2,14,16,20)/t6-,7?,8-,11-/m1/s1. The first-order valence-electron chi connectivity index (χ1n) is 5.84. The van der Waals surface area contributed by atoms with Crippen molar-refractivity contribution in [3.05, 3.63) is 16.8 Å². The summed E-state index contributed by atoms with van der Waals surface area (Å²) in [6.45, 7) is -1.56. The van der Waals surface area contributed by atoms with Crippen LogP contribution in [-0.2, 0) is 4.74 Å². The first-order chi connectivity index (χ1) is 9.93. The molecular formula is C11H12ClFN4O4. The number of ether oxygens (including phenoxy) is 1. The Bertz CT molecular complexity index is 645. The number of aromatic nitrogens is 3. The van der Waals surface area contributed by atoms with Gasteiger partial charge in [-0.2, -0.15) is 4.98 Å². The van der Waals surface area contributed by atoms with Crippen molar-refractivity contribution < 1.29 is 19.3 Å². The van der Waals surface area contributed by atoms with Crippen LogP contribution < -0.4 is 11.4 Å². The molecule has 21 heavy (non-hydrogen) atoms. The van der Waals surface area contributed by atoms with Gasteiger partial charge in [0.1, 0.15) is 25.2 Å². The van der Waals surface area contributed by atoms with Gasteiger partial charge < -0.3 is 20.7 Å². The predicted molar refractivity (Wildman–Crippen MR) is 70.0 cm³/mol. The highest BCUT2D eigenvalue weighted by molar-refractivity contribution is 6.27. The average molecular weight is 319 g/mol. The van der Waals surface area contributed by atoms with E-state index in [1.807, 2.05) is 0 Å². The predicted octanol–water partition coefficient (Wildman–Crippen LogP) is -1.58. The van der Waals surface area contributed by atoms with Gasteiger partial charge in [0.15, 0.2) is 11.1 Å². The van der Waals surface area contributed by atoms with Crippen LogP contribution >= 0.6 is 11.6 Å². The number of anilines is 1. The van der Waals surface area contributed by atoms with Crippen LogP contribution in [0.1, 0.15) is 6.23 Å². The summed E-state index contributed by atoms with van der Waals surface area (Å²) in [5, 5.41) is 19.3. The zero-order chi connectivity index (χ0) is 15.6. The molecule has 114 valence electrons. The molecule has 2 heterocycles. The lowest BCUT2D eigenvalue weighted by atomic mass is 9.99. The molecule has 0 saturated carbocycles. The van der Waals surface area contributed by atoms with Crippen LogP contribution in [0.5, 0.6) is 0 Å². The van der Waals surface area contributed by atoms with Crippen molar-refractivity contribution in [1.82, 2.24) is 14.5 Å². The smallest absolute Gasteiger partial charge is 0.354 e. The van der Waals surface area contributed by atoms with Gasteiger partial charge in [-0.15, -0.1) is 0 Å². The van der Waals surface area contributed by atoms with E-state index >= 15 is 0 Å². The van der Waals surface area contributed by atoms with Gasteiger partial charge in [0.25, 0.3) is 0 Å². The highest BCUT2D eigenvalue weighted by Crippen LogP contribution is 2.42. The van der Waals surface area contributed by atoms with Crippen molar-refractivity contribution >= 4 is 17.5 Å². The lowest BCUT2D eigenvalue weighted by molar-refractivity contribution is -0.0467. The third kappa shape index (κ3) is 2.71. The monoisotopic (exact) mass is 318 g/mol. The van der Waals surface area contributed by atoms with E-state index in [1.54, 1.807) is 0 Å². The first-order valence-corrected chi connectivity index (χ1v) is 6.21. The van der Waals surface area contributed by atoms with Gasteiger partial charge in [0, 0.05) is 0 Å². The second-order valence-corrected chi connectivity index (χ2v) is 4.89. The molecule has 0 amide bonds. The third-order valence-corrected chi connectivity index (χ3v) is 3.48. The fourth-order valence-corrected chi connectivity index (χ4v) is 2.35. The Hall–Kier alpha value is -1.73. The minimum Gasteiger partial charge on any atom is -0.394 e. The van der Waals surface area contributed by atoms with Crippen LogP contribution in [0, 0.1) is 11.8 Å². The molecule has 1 fully saturated rings. The minimum atomic E-state index is -1.83. The van der Waals surface area contributed by atoms with Gasteiger partial charge in [-0.05, 0) is 0 Å². The summed E-state index contributed by atoms with van der Waals surface area (Å²) in [7, 11) is 0. The topological polar surface area (TPSA) is 123 Å². The fraction of sp³-hybridized carbons (Fsp3) is 0.545. The van der Waals surface area contributed by atoms with Gasteiger partial charge in [0.05, 0.1) is 6.61 Å². The van der Waals surface area contributed by atoms with Crippen molar-refractivity contribution in [2.24, 2.45) is 0 Å². The highest BCUT2D eigenvalue weighted by Gasteiger charge is 2.56. The Morgan fingerprint density at radius 2 is 2.38 bits per heavy atom. The number of hydrogen-bond donors (Lipinski definition) is 3. The van der Waals surface area contributed by atoms with Gasteiger partial charge in [-0.25, -0.2) is 14.2 Å². The first kappa shape index (κ1) is 15.7. The van der Waals surface area contributed by atoms with Gasteiger partial charge in [-0.1, -0.05) is 23.4 Å². The Kier molecular flexibility index (Phi) is 4.43. The van der Waals surface area contributed by atoms with E-state index in [4.69, 9.17) is 27.2 Å². The molecule has 4 N–H and O–H groups in total. The molecule has 1 aromatic rings. The number of rotatable bonds is 2. The molecule has 4 atom stereocenters. The highest BCUT2D eigenvalue weighted by atomic mass is 35.5. The average Bonchev–Trinajstić information content (AvgIpc) is 2.70. The molecule has 1 aliphatic rings. The number of alkyl halides is 2. The maximum atomic E-state index is 12.3. The van der Waals surface area contributed by atoms with Crippen molar-refractivity contribution in [3.63, 3.8) is 0 Å². The van der Waals surface area contributed by atoms with E-state index in [0.29, 0.717) is 0 Å². The summed E-state index contributed by atoms with van der Waals surface area (Å²) in [6.07, 6.45) is -2.82. The molecular weight excluding hydrogens is 307 g/mol. The molecule has 2 rings (SSSR count). The number of nitrogens with two attached hydrogens (primary N) is 1. The third-order valence-electron chi connectivity index (χ3n) is 2.97. The van der Waals surface area contributed by atoms with Crippen LogP contribution in [0.25, 0.3) is 0 Å². The quantitative estimate of drug-likeness (QED) is 0.444. The fourth-order valence-electron chi connectivity index (χ4n) is 1.99. The maximum absolute atomic E-state index is 12.3. The van der Waals surface area contributed by atoms with E-state index in [9.17, 15) is 14.3 Å². The number of halogens is 2. The normalized spacial score (nSPS) is 31.7. The van der Waals surface area contributed by atoms with E-state index in [1.165, 1.54) is 0 Å². The largest absolute Gasteiger partial charge is 0.394 e. The van der Waals surface area contributed by atoms with Crippen molar-refractivity contribution in [2.45, 2.75) is 23.3 Å². The number of aliphatic hydroxyl groups is 2. The molecule has 0 radical (unpaired) electrons. The van der Waals surface area contributed by atoms with Crippen molar-refractivity contribution in [3.8, 4) is 11.8 Å². The Morgan fingerprint density at radius 3 is 2.95 bits per heavy atom. The summed E-state index contributed by atoms with van der Waals surface area (Å²) in [5.74, 6) is 4.16. The SMILES string of the molecule is Nc1ncn([C@@H]2O[C@H](CO)C(O)[C@]2(Cl)C#CCF)c(=O)n1. The molecule has 1 aromatic heterocycles. The summed E-state index contributed by atoms with van der Waals surface area (Å²) < 4.78 is 18.5. The number of aliphatic hydroxyl groups excluding tert-OH is 2. The maximum Gasteiger partial charge on any atom is 0.354 e. The molecule has 10 heteroatoms. The molecule has 1 aliphatic heterocycles. The Labute approximate surface area is 123 Å². The van der Waals surface area contributed by atoms with Crippen LogP contribution in [0.15, 0.2) is 11.1 Å². The minimum absolute atomic E-state index is 0.247. The molecule has 1 unspecified atom stereocenters. The summed E-state index contributed by atoms with van der Waals surface area (Å²) in [4.78, 5) is 17.0. The zero-order valence-electron chi connectivity index (χ0n) is 10.6. The van der Waals surface area contributed by atoms with E-state index in [0.717, 1.165) is 10.9 Å². The molecule has 0 aromatic carbocycles. The lowest BCUT2D eigenvalue weighted by Crippen LogP contribution is -2.43. The van der Waals surface area contributed by atoms with Gasteiger partial charge >= 0.3 is 5.69 Å². The number of nitrogens with zero attached hydrogens (tertiary/aromatic N) is 3. The van der Waals surface area contributed by atoms with Crippen LogP contribution in [0.2, 0.25) is 0 Å². The van der Waals surface area contributed by atoms with E-state index < -0.39 is 42.3 Å². The Balaban J connectivity index is 2.51. The number of nitrogen functional groups attached to an aromatic ring is 1. The van der Waals surface area contributed by atoms with Gasteiger partial charge in [0.2, 0.25) is 5.95 Å². The van der Waals surface area contributed by atoms with Crippen LogP contribution in [0.3, 0.4) is 0 Å². The van der Waals surface area contributed by atoms with E-state index in [2.05, 4.69) is 21.8 Å². The Morgan fingerprint density at radius 1 is 1.67 bits per heavy atom. The summed E-state index contributed by atoms with van der Waals surface area (Å²) in [5.41, 5.74) is 4.45.